The molecular weight excluding hydrogens is 272 g/mol. The van der Waals surface area contributed by atoms with Crippen molar-refractivity contribution in [1.82, 2.24) is 20.2 Å². The van der Waals surface area contributed by atoms with Crippen LogP contribution in [0.4, 0.5) is 5.95 Å². The Kier molecular flexibility index (Phi) is 5.49. The highest BCUT2D eigenvalue weighted by molar-refractivity contribution is 7.80. The van der Waals surface area contributed by atoms with Crippen molar-refractivity contribution in [2.45, 2.75) is 0 Å². The molecule has 2 heterocycles. The SMILES string of the molecule is C[NH+](C)CCNC(=S)N1CCN(c2ncccn2)CC1. The van der Waals surface area contributed by atoms with E-state index in [1.165, 1.54) is 4.90 Å². The first kappa shape index (κ1) is 14.9. The molecule has 6 nitrogen and oxygen atoms in total. The zero-order valence-electron chi connectivity index (χ0n) is 12.2. The maximum Gasteiger partial charge on any atom is 0.225 e. The molecule has 110 valence electrons. The van der Waals surface area contributed by atoms with Gasteiger partial charge in [-0.05, 0) is 18.3 Å². The number of hydrogen-bond acceptors (Lipinski definition) is 4. The van der Waals surface area contributed by atoms with E-state index in [1.54, 1.807) is 12.4 Å². The number of rotatable bonds is 4. The first-order chi connectivity index (χ1) is 9.66. The zero-order valence-corrected chi connectivity index (χ0v) is 13.0. The number of piperazine rings is 1. The van der Waals surface area contributed by atoms with E-state index in [2.05, 4.69) is 39.2 Å². The Balaban J connectivity index is 1.75. The van der Waals surface area contributed by atoms with Crippen LogP contribution in [-0.4, -0.2) is 73.3 Å². The van der Waals surface area contributed by atoms with Crippen LogP contribution in [0.5, 0.6) is 0 Å². The normalized spacial score (nSPS) is 15.6. The lowest BCUT2D eigenvalue weighted by molar-refractivity contribution is -0.856. The Hall–Kier alpha value is -1.47. The minimum absolute atomic E-state index is 0.808. The molecule has 1 aliphatic rings. The molecule has 1 aliphatic heterocycles. The third-order valence-electron chi connectivity index (χ3n) is 3.30. The molecule has 0 spiro atoms. The summed E-state index contributed by atoms with van der Waals surface area (Å²) in [7, 11) is 4.28. The number of thiocarbonyl (C=S) groups is 1. The molecule has 0 radical (unpaired) electrons. The fourth-order valence-corrected chi connectivity index (χ4v) is 2.38. The van der Waals surface area contributed by atoms with Gasteiger partial charge in [0.2, 0.25) is 5.95 Å². The maximum absolute atomic E-state index is 5.44. The standard InChI is InChI=1S/C13H22N6S/c1-17(2)7-6-16-13(20)19-10-8-18(9-11-19)12-14-4-3-5-15-12/h3-5H,6-11H2,1-2H3,(H,16,20)/p+1. The molecular formula is C13H23N6S+. The smallest absolute Gasteiger partial charge is 0.225 e. The predicted octanol–water partition coefficient (Wildman–Crippen LogP) is -1.38. The summed E-state index contributed by atoms with van der Waals surface area (Å²) in [5, 5.41) is 4.19. The highest BCUT2D eigenvalue weighted by atomic mass is 32.1. The Morgan fingerprint density at radius 2 is 1.90 bits per heavy atom. The molecule has 2 rings (SSSR count). The van der Waals surface area contributed by atoms with Crippen LogP contribution in [0.3, 0.4) is 0 Å². The van der Waals surface area contributed by atoms with Crippen molar-refractivity contribution in [3.8, 4) is 0 Å². The largest absolute Gasteiger partial charge is 0.357 e. The molecule has 1 fully saturated rings. The van der Waals surface area contributed by atoms with Gasteiger partial charge < -0.3 is 20.0 Å². The third-order valence-corrected chi connectivity index (χ3v) is 3.71. The Morgan fingerprint density at radius 3 is 2.50 bits per heavy atom. The molecule has 0 saturated carbocycles. The quantitative estimate of drug-likeness (QED) is 0.668. The van der Waals surface area contributed by atoms with Crippen LogP contribution in [0.2, 0.25) is 0 Å². The molecule has 7 heteroatoms. The van der Waals surface area contributed by atoms with Crippen molar-refractivity contribution in [3.05, 3.63) is 18.5 Å². The molecule has 1 saturated heterocycles. The molecule has 0 atom stereocenters. The van der Waals surface area contributed by atoms with Crippen molar-refractivity contribution in [2.75, 3.05) is 58.3 Å². The average Bonchev–Trinajstić information content (AvgIpc) is 2.48. The summed E-state index contributed by atoms with van der Waals surface area (Å²) >= 11 is 5.44. The number of quaternary nitrogens is 1. The number of anilines is 1. The van der Waals surface area contributed by atoms with Gasteiger partial charge in [-0.25, -0.2) is 9.97 Å². The van der Waals surface area contributed by atoms with Crippen LogP contribution in [-0.2, 0) is 0 Å². The molecule has 0 bridgehead atoms. The Morgan fingerprint density at radius 1 is 1.25 bits per heavy atom. The molecule has 0 aromatic carbocycles. The van der Waals surface area contributed by atoms with Crippen LogP contribution in [0.1, 0.15) is 0 Å². The Labute approximate surface area is 125 Å². The van der Waals surface area contributed by atoms with Crippen LogP contribution >= 0.6 is 12.2 Å². The lowest BCUT2D eigenvalue weighted by atomic mass is 10.3. The molecule has 2 N–H and O–H groups in total. The van der Waals surface area contributed by atoms with Crippen LogP contribution in [0.25, 0.3) is 0 Å². The van der Waals surface area contributed by atoms with E-state index in [4.69, 9.17) is 12.2 Å². The summed E-state index contributed by atoms with van der Waals surface area (Å²) in [4.78, 5) is 14.4. The van der Waals surface area contributed by atoms with Gasteiger partial charge in [-0.1, -0.05) is 0 Å². The Bertz CT molecular complexity index is 416. The molecule has 0 amide bonds. The van der Waals surface area contributed by atoms with Gasteiger partial charge in [0.1, 0.15) is 0 Å². The lowest BCUT2D eigenvalue weighted by Crippen LogP contribution is -3.06. The summed E-state index contributed by atoms with van der Waals surface area (Å²) in [6.45, 7) is 5.63. The number of hydrogen-bond donors (Lipinski definition) is 2. The van der Waals surface area contributed by atoms with E-state index in [9.17, 15) is 0 Å². The van der Waals surface area contributed by atoms with Crippen LogP contribution < -0.4 is 15.1 Å². The second-order valence-corrected chi connectivity index (χ2v) is 5.60. The fourth-order valence-electron chi connectivity index (χ4n) is 2.10. The van der Waals surface area contributed by atoms with Crippen LogP contribution in [0, 0.1) is 0 Å². The van der Waals surface area contributed by atoms with Gasteiger partial charge in [0.05, 0.1) is 27.2 Å². The summed E-state index contributed by atoms with van der Waals surface area (Å²) in [5.41, 5.74) is 0. The molecule has 1 aromatic heterocycles. The second-order valence-electron chi connectivity index (χ2n) is 5.21. The van der Waals surface area contributed by atoms with Crippen molar-refractivity contribution in [2.24, 2.45) is 0 Å². The second kappa shape index (κ2) is 7.35. The summed E-state index contributed by atoms with van der Waals surface area (Å²) < 4.78 is 0. The number of aromatic nitrogens is 2. The van der Waals surface area contributed by atoms with Gasteiger partial charge >= 0.3 is 0 Å². The van der Waals surface area contributed by atoms with Crippen molar-refractivity contribution in [3.63, 3.8) is 0 Å². The fraction of sp³-hybridized carbons (Fsp3) is 0.615. The number of nitrogens with zero attached hydrogens (tertiary/aromatic N) is 4. The first-order valence-corrected chi connectivity index (χ1v) is 7.41. The van der Waals surface area contributed by atoms with E-state index < -0.39 is 0 Å². The van der Waals surface area contributed by atoms with E-state index >= 15 is 0 Å². The van der Waals surface area contributed by atoms with Gasteiger partial charge in [-0.2, -0.15) is 0 Å². The zero-order chi connectivity index (χ0) is 14.4. The van der Waals surface area contributed by atoms with Crippen molar-refractivity contribution in [1.29, 1.82) is 0 Å². The highest BCUT2D eigenvalue weighted by Crippen LogP contribution is 2.09. The minimum atomic E-state index is 0.808. The molecule has 1 aromatic rings. The number of likely N-dealkylation sites (N-methyl/N-ethyl adjacent to an activating group) is 1. The van der Waals surface area contributed by atoms with Gasteiger partial charge in [-0.15, -0.1) is 0 Å². The van der Waals surface area contributed by atoms with Gasteiger partial charge in [0.25, 0.3) is 0 Å². The van der Waals surface area contributed by atoms with E-state index in [1.807, 2.05) is 6.07 Å². The summed E-state index contributed by atoms with van der Waals surface area (Å²) in [6, 6.07) is 1.84. The number of nitrogens with one attached hydrogen (secondary N) is 2. The first-order valence-electron chi connectivity index (χ1n) is 7.00. The summed E-state index contributed by atoms with van der Waals surface area (Å²) in [5.74, 6) is 0.808. The molecule has 0 unspecified atom stereocenters. The lowest BCUT2D eigenvalue weighted by Gasteiger charge is -2.36. The minimum Gasteiger partial charge on any atom is -0.357 e. The van der Waals surface area contributed by atoms with Crippen molar-refractivity contribution >= 4 is 23.3 Å². The van der Waals surface area contributed by atoms with Gasteiger partial charge in [0.15, 0.2) is 5.11 Å². The monoisotopic (exact) mass is 295 g/mol. The van der Waals surface area contributed by atoms with Gasteiger partial charge in [-0.3, -0.25) is 0 Å². The topological polar surface area (TPSA) is 48.7 Å². The van der Waals surface area contributed by atoms with E-state index in [-0.39, 0.29) is 0 Å². The van der Waals surface area contributed by atoms with Crippen LogP contribution in [0.15, 0.2) is 18.5 Å². The highest BCUT2D eigenvalue weighted by Gasteiger charge is 2.20. The maximum atomic E-state index is 5.44. The van der Waals surface area contributed by atoms with Crippen molar-refractivity contribution < 1.29 is 4.90 Å². The van der Waals surface area contributed by atoms with Gasteiger partial charge in [0, 0.05) is 38.6 Å². The third kappa shape index (κ3) is 4.28. The molecule has 20 heavy (non-hydrogen) atoms. The van der Waals surface area contributed by atoms with E-state index in [0.717, 1.165) is 50.3 Å². The predicted molar refractivity (Wildman–Crippen MR) is 84.1 cm³/mol. The molecule has 0 aliphatic carbocycles. The summed E-state index contributed by atoms with van der Waals surface area (Å²) in [6.07, 6.45) is 3.56. The average molecular weight is 295 g/mol. The van der Waals surface area contributed by atoms with E-state index in [0.29, 0.717) is 0 Å².